The Morgan fingerprint density at radius 1 is 1.14 bits per heavy atom. The molecule has 0 aliphatic carbocycles. The van der Waals surface area contributed by atoms with Crippen LogP contribution in [0.3, 0.4) is 0 Å². The summed E-state index contributed by atoms with van der Waals surface area (Å²) in [6.45, 7) is 0.594. The third kappa shape index (κ3) is 3.52. The highest BCUT2D eigenvalue weighted by atomic mass is 32.1. The lowest BCUT2D eigenvalue weighted by Gasteiger charge is -2.05. The topological polar surface area (TPSA) is 42.2 Å². The number of nitrogens with one attached hydrogen (secondary N) is 1. The molecule has 3 nitrogen and oxygen atoms in total. The number of rotatable bonds is 5. The van der Waals surface area contributed by atoms with Gasteiger partial charge in [-0.1, -0.05) is 30.3 Å². The van der Waals surface area contributed by atoms with E-state index in [1.807, 2.05) is 48.5 Å². The van der Waals surface area contributed by atoms with E-state index >= 15 is 0 Å². The van der Waals surface area contributed by atoms with Gasteiger partial charge in [-0.25, -0.2) is 0 Å². The van der Waals surface area contributed by atoms with Crippen molar-refractivity contribution in [2.24, 2.45) is 0 Å². The predicted molar refractivity (Wildman–Crippen MR) is 90.3 cm³/mol. The van der Waals surface area contributed by atoms with E-state index in [1.165, 1.54) is 0 Å². The van der Waals surface area contributed by atoms with Crippen LogP contribution in [0.4, 0.5) is 0 Å². The normalized spacial score (nSPS) is 10.8. The minimum absolute atomic E-state index is 0.0360. The van der Waals surface area contributed by atoms with Crippen LogP contribution in [0, 0.1) is 0 Å². The summed E-state index contributed by atoms with van der Waals surface area (Å²) >= 11 is 4.35. The Bertz CT molecular complexity index is 780. The summed E-state index contributed by atoms with van der Waals surface area (Å²) in [6, 6.07) is 15.5. The molecule has 1 aromatic heterocycles. The van der Waals surface area contributed by atoms with Crippen molar-refractivity contribution in [3.63, 3.8) is 0 Å². The van der Waals surface area contributed by atoms with E-state index in [1.54, 1.807) is 6.26 Å². The summed E-state index contributed by atoms with van der Waals surface area (Å²) < 4.78 is 5.51. The van der Waals surface area contributed by atoms with Crippen LogP contribution in [0.25, 0.3) is 11.0 Å². The maximum absolute atomic E-state index is 11.9. The quantitative estimate of drug-likeness (QED) is 0.707. The Hall–Kier alpha value is -2.20. The Morgan fingerprint density at radius 3 is 2.77 bits per heavy atom. The first-order chi connectivity index (χ1) is 10.7. The van der Waals surface area contributed by atoms with Gasteiger partial charge in [-0.2, -0.15) is 0 Å². The van der Waals surface area contributed by atoms with Crippen molar-refractivity contribution in [3.05, 3.63) is 65.9 Å². The summed E-state index contributed by atoms with van der Waals surface area (Å²) in [4.78, 5) is 12.8. The molecule has 0 aliphatic heterocycles. The molecule has 3 rings (SSSR count). The first-order valence-electron chi connectivity index (χ1n) is 7.22. The summed E-state index contributed by atoms with van der Waals surface area (Å²) in [7, 11) is 0. The van der Waals surface area contributed by atoms with Crippen molar-refractivity contribution in [2.45, 2.75) is 17.7 Å². The monoisotopic (exact) mass is 311 g/mol. The van der Waals surface area contributed by atoms with E-state index < -0.39 is 0 Å². The van der Waals surface area contributed by atoms with Crippen molar-refractivity contribution < 1.29 is 9.21 Å². The number of hydrogen-bond donors (Lipinski definition) is 2. The summed E-state index contributed by atoms with van der Waals surface area (Å²) in [5.41, 5.74) is 2.96. The van der Waals surface area contributed by atoms with Gasteiger partial charge in [-0.15, -0.1) is 12.6 Å². The van der Waals surface area contributed by atoms with Gasteiger partial charge in [0.05, 0.1) is 12.7 Å². The van der Waals surface area contributed by atoms with E-state index in [0.29, 0.717) is 13.0 Å². The Labute approximate surface area is 134 Å². The standard InChI is InChI=1S/C18H17NO2S/c20-18(10-13-4-2-1-3-5-13)19-9-8-14-12-21-17-7-6-15(22)11-16(14)17/h1-7,11-12,22H,8-10H2,(H,19,20). The van der Waals surface area contributed by atoms with Crippen molar-refractivity contribution >= 4 is 29.5 Å². The molecule has 4 heteroatoms. The van der Waals surface area contributed by atoms with Crippen molar-refractivity contribution in [1.82, 2.24) is 5.32 Å². The first kappa shape index (κ1) is 14.7. The van der Waals surface area contributed by atoms with Crippen LogP contribution in [-0.2, 0) is 17.6 Å². The van der Waals surface area contributed by atoms with E-state index in [-0.39, 0.29) is 5.91 Å². The number of hydrogen-bond acceptors (Lipinski definition) is 3. The molecule has 0 saturated heterocycles. The van der Waals surface area contributed by atoms with E-state index in [0.717, 1.165) is 33.4 Å². The first-order valence-corrected chi connectivity index (χ1v) is 7.67. The number of amides is 1. The molecule has 2 aromatic carbocycles. The van der Waals surface area contributed by atoms with Crippen LogP contribution in [0.15, 0.2) is 64.1 Å². The largest absolute Gasteiger partial charge is 0.464 e. The molecule has 0 spiro atoms. The zero-order valence-electron chi connectivity index (χ0n) is 12.1. The SMILES string of the molecule is O=C(Cc1ccccc1)NCCc1coc2ccc(S)cc12. The zero-order chi connectivity index (χ0) is 15.4. The minimum Gasteiger partial charge on any atom is -0.464 e. The van der Waals surface area contributed by atoms with Crippen LogP contribution in [-0.4, -0.2) is 12.5 Å². The Balaban J connectivity index is 1.56. The fourth-order valence-corrected chi connectivity index (χ4v) is 2.65. The molecule has 1 amide bonds. The zero-order valence-corrected chi connectivity index (χ0v) is 13.0. The number of carbonyl (C=O) groups is 1. The average Bonchev–Trinajstić information content (AvgIpc) is 2.91. The van der Waals surface area contributed by atoms with E-state index in [9.17, 15) is 4.79 Å². The third-order valence-corrected chi connectivity index (χ3v) is 3.84. The molecular formula is C18H17NO2S. The molecule has 0 fully saturated rings. The molecule has 1 N–H and O–H groups in total. The molecule has 0 atom stereocenters. The second-order valence-corrected chi connectivity index (χ2v) is 5.72. The maximum atomic E-state index is 11.9. The van der Waals surface area contributed by atoms with Crippen LogP contribution < -0.4 is 5.32 Å². The molecule has 0 bridgehead atoms. The van der Waals surface area contributed by atoms with Gasteiger partial charge in [0.25, 0.3) is 0 Å². The molecule has 0 aliphatic rings. The third-order valence-electron chi connectivity index (χ3n) is 3.56. The molecular weight excluding hydrogens is 294 g/mol. The van der Waals surface area contributed by atoms with Gasteiger partial charge in [0, 0.05) is 16.8 Å². The second-order valence-electron chi connectivity index (χ2n) is 5.20. The van der Waals surface area contributed by atoms with E-state index in [4.69, 9.17) is 4.42 Å². The average molecular weight is 311 g/mol. The van der Waals surface area contributed by atoms with E-state index in [2.05, 4.69) is 17.9 Å². The van der Waals surface area contributed by atoms with Gasteiger partial charge < -0.3 is 9.73 Å². The lowest BCUT2D eigenvalue weighted by atomic mass is 10.1. The summed E-state index contributed by atoms with van der Waals surface area (Å²) in [6.07, 6.45) is 2.90. The van der Waals surface area contributed by atoms with Crippen LogP contribution in [0.5, 0.6) is 0 Å². The van der Waals surface area contributed by atoms with Crippen LogP contribution in [0.2, 0.25) is 0 Å². The number of thiol groups is 1. The van der Waals surface area contributed by atoms with Crippen LogP contribution in [0.1, 0.15) is 11.1 Å². The van der Waals surface area contributed by atoms with Crippen molar-refractivity contribution in [3.8, 4) is 0 Å². The molecule has 112 valence electrons. The van der Waals surface area contributed by atoms with Gasteiger partial charge in [0.2, 0.25) is 5.91 Å². The Kier molecular flexibility index (Phi) is 4.49. The Morgan fingerprint density at radius 2 is 1.95 bits per heavy atom. The number of fused-ring (bicyclic) bond motifs is 1. The minimum atomic E-state index is 0.0360. The summed E-state index contributed by atoms with van der Waals surface area (Å²) in [5.74, 6) is 0.0360. The maximum Gasteiger partial charge on any atom is 0.224 e. The molecule has 0 saturated carbocycles. The van der Waals surface area contributed by atoms with Gasteiger partial charge in [0.15, 0.2) is 0 Å². The molecule has 22 heavy (non-hydrogen) atoms. The highest BCUT2D eigenvalue weighted by molar-refractivity contribution is 7.80. The molecule has 0 radical (unpaired) electrons. The lowest BCUT2D eigenvalue weighted by molar-refractivity contribution is -0.120. The van der Waals surface area contributed by atoms with Crippen molar-refractivity contribution in [2.75, 3.05) is 6.54 Å². The highest BCUT2D eigenvalue weighted by Gasteiger charge is 2.07. The highest BCUT2D eigenvalue weighted by Crippen LogP contribution is 2.24. The number of furan rings is 1. The van der Waals surface area contributed by atoms with Gasteiger partial charge in [-0.05, 0) is 35.7 Å². The fourth-order valence-electron chi connectivity index (χ4n) is 2.44. The molecule has 1 heterocycles. The van der Waals surface area contributed by atoms with Gasteiger partial charge in [-0.3, -0.25) is 4.79 Å². The van der Waals surface area contributed by atoms with Gasteiger partial charge >= 0.3 is 0 Å². The molecule has 0 unspecified atom stereocenters. The van der Waals surface area contributed by atoms with Gasteiger partial charge in [0.1, 0.15) is 5.58 Å². The summed E-state index contributed by atoms with van der Waals surface area (Å²) in [5, 5.41) is 4.01. The lowest BCUT2D eigenvalue weighted by Crippen LogP contribution is -2.27. The second kappa shape index (κ2) is 6.71. The predicted octanol–water partition coefficient (Wildman–Crippen LogP) is 3.62. The smallest absolute Gasteiger partial charge is 0.224 e. The van der Waals surface area contributed by atoms with Crippen molar-refractivity contribution in [1.29, 1.82) is 0 Å². The number of benzene rings is 2. The van der Waals surface area contributed by atoms with Crippen LogP contribution >= 0.6 is 12.6 Å². The number of carbonyl (C=O) groups excluding carboxylic acids is 1. The fraction of sp³-hybridized carbons (Fsp3) is 0.167. The molecule has 3 aromatic rings.